The fourth-order valence-corrected chi connectivity index (χ4v) is 2.89. The number of nitrogens with one attached hydrogen (secondary N) is 2. The molecule has 0 radical (unpaired) electrons. The molecule has 3 aromatic rings. The van der Waals surface area contributed by atoms with Gasteiger partial charge in [-0.1, -0.05) is 12.1 Å². The number of hydrogen-bond acceptors (Lipinski definition) is 4. The Morgan fingerprint density at radius 3 is 2.78 bits per heavy atom. The average Bonchev–Trinajstić information content (AvgIpc) is 3.20. The van der Waals surface area contributed by atoms with Crippen molar-refractivity contribution < 1.29 is 4.79 Å². The van der Waals surface area contributed by atoms with E-state index in [1.54, 1.807) is 12.4 Å². The molecule has 6 nitrogen and oxygen atoms in total. The molecule has 2 aromatic heterocycles. The topological polar surface area (TPSA) is 71.8 Å². The van der Waals surface area contributed by atoms with E-state index in [0.29, 0.717) is 12.1 Å². The minimum Gasteiger partial charge on any atom is -0.379 e. The molecule has 1 aromatic carbocycles. The van der Waals surface area contributed by atoms with E-state index in [0.717, 1.165) is 29.9 Å². The highest BCUT2D eigenvalue weighted by Crippen LogP contribution is 2.20. The number of rotatable bonds is 8. The van der Waals surface area contributed by atoms with Crippen molar-refractivity contribution in [3.05, 3.63) is 77.9 Å². The SMILES string of the molecule is Cc1c(NCc2ccccn2)cccc1C(=O)N[C@H](C)CCn1cccn1. The van der Waals surface area contributed by atoms with Crippen LogP contribution in [0.15, 0.2) is 61.1 Å². The number of amides is 1. The van der Waals surface area contributed by atoms with E-state index in [4.69, 9.17) is 0 Å². The Morgan fingerprint density at radius 1 is 1.15 bits per heavy atom. The summed E-state index contributed by atoms with van der Waals surface area (Å²) in [6.45, 7) is 5.37. The number of aromatic nitrogens is 3. The number of nitrogens with zero attached hydrogens (tertiary/aromatic N) is 3. The number of hydrogen-bond donors (Lipinski definition) is 2. The third-order valence-electron chi connectivity index (χ3n) is 4.49. The molecule has 0 aliphatic heterocycles. The summed E-state index contributed by atoms with van der Waals surface area (Å²) in [4.78, 5) is 17.0. The molecular weight excluding hydrogens is 338 g/mol. The second-order valence-corrected chi connectivity index (χ2v) is 6.59. The lowest BCUT2D eigenvalue weighted by molar-refractivity contribution is 0.0936. The van der Waals surface area contributed by atoms with E-state index in [1.165, 1.54) is 0 Å². The maximum absolute atomic E-state index is 12.7. The molecule has 0 saturated carbocycles. The van der Waals surface area contributed by atoms with Gasteiger partial charge in [0.15, 0.2) is 0 Å². The molecular formula is C21H25N5O. The van der Waals surface area contributed by atoms with E-state index in [9.17, 15) is 4.79 Å². The minimum absolute atomic E-state index is 0.0537. The summed E-state index contributed by atoms with van der Waals surface area (Å²) in [7, 11) is 0. The Morgan fingerprint density at radius 2 is 2.04 bits per heavy atom. The molecule has 6 heteroatoms. The van der Waals surface area contributed by atoms with Gasteiger partial charge >= 0.3 is 0 Å². The van der Waals surface area contributed by atoms with Crippen molar-refractivity contribution in [1.82, 2.24) is 20.1 Å². The van der Waals surface area contributed by atoms with E-state index in [1.807, 2.05) is 67.2 Å². The van der Waals surface area contributed by atoms with Crippen LogP contribution in [0.5, 0.6) is 0 Å². The van der Waals surface area contributed by atoms with Crippen LogP contribution in [0.1, 0.15) is 35.0 Å². The van der Waals surface area contributed by atoms with Crippen LogP contribution in [0.25, 0.3) is 0 Å². The highest BCUT2D eigenvalue weighted by Gasteiger charge is 2.14. The molecule has 140 valence electrons. The predicted octanol–water partition coefficient (Wildman–Crippen LogP) is 3.41. The number of anilines is 1. The number of carbonyl (C=O) groups excluding carboxylic acids is 1. The fourth-order valence-electron chi connectivity index (χ4n) is 2.89. The van der Waals surface area contributed by atoms with Crippen LogP contribution in [-0.4, -0.2) is 26.7 Å². The quantitative estimate of drug-likeness (QED) is 0.643. The monoisotopic (exact) mass is 363 g/mol. The molecule has 2 heterocycles. The Balaban J connectivity index is 1.59. The molecule has 0 aliphatic carbocycles. The first-order valence-corrected chi connectivity index (χ1v) is 9.15. The zero-order valence-electron chi connectivity index (χ0n) is 15.7. The van der Waals surface area contributed by atoms with Gasteiger partial charge in [0.1, 0.15) is 0 Å². The minimum atomic E-state index is -0.0537. The molecule has 0 unspecified atom stereocenters. The first-order valence-electron chi connectivity index (χ1n) is 9.15. The van der Waals surface area contributed by atoms with Crippen LogP contribution in [0.4, 0.5) is 5.69 Å². The van der Waals surface area contributed by atoms with E-state index < -0.39 is 0 Å². The Kier molecular flexibility index (Phi) is 6.20. The van der Waals surface area contributed by atoms with Crippen LogP contribution in [0.3, 0.4) is 0 Å². The standard InChI is InChI=1S/C21H25N5O/c1-16(10-14-26-13-6-12-24-26)25-21(27)19-8-5-9-20(17(19)2)23-15-18-7-3-4-11-22-18/h3-9,11-13,16,23H,10,14-15H2,1-2H3,(H,25,27)/t16-/m1/s1. The summed E-state index contributed by atoms with van der Waals surface area (Å²) >= 11 is 0. The average molecular weight is 363 g/mol. The van der Waals surface area contributed by atoms with Crippen LogP contribution < -0.4 is 10.6 Å². The van der Waals surface area contributed by atoms with Crippen LogP contribution in [-0.2, 0) is 13.1 Å². The van der Waals surface area contributed by atoms with Crippen molar-refractivity contribution in [2.45, 2.75) is 39.4 Å². The van der Waals surface area contributed by atoms with Crippen molar-refractivity contribution in [3.63, 3.8) is 0 Å². The molecule has 0 fully saturated rings. The molecule has 1 amide bonds. The number of carbonyl (C=O) groups is 1. The van der Waals surface area contributed by atoms with E-state index in [2.05, 4.69) is 20.7 Å². The second kappa shape index (κ2) is 8.98. The summed E-state index contributed by atoms with van der Waals surface area (Å²) in [5.41, 5.74) is 3.52. The summed E-state index contributed by atoms with van der Waals surface area (Å²) in [5, 5.41) is 10.6. The molecule has 0 aliphatic rings. The Labute approximate surface area is 159 Å². The van der Waals surface area contributed by atoms with Gasteiger partial charge in [0.05, 0.1) is 12.2 Å². The molecule has 0 saturated heterocycles. The number of pyridine rings is 1. The second-order valence-electron chi connectivity index (χ2n) is 6.59. The highest BCUT2D eigenvalue weighted by atomic mass is 16.1. The van der Waals surface area contributed by atoms with Crippen molar-refractivity contribution in [3.8, 4) is 0 Å². The van der Waals surface area contributed by atoms with Crippen molar-refractivity contribution >= 4 is 11.6 Å². The first-order chi connectivity index (χ1) is 13.1. The van der Waals surface area contributed by atoms with Gasteiger partial charge in [0.25, 0.3) is 5.91 Å². The van der Waals surface area contributed by atoms with Gasteiger partial charge in [-0.15, -0.1) is 0 Å². The zero-order valence-corrected chi connectivity index (χ0v) is 15.7. The third-order valence-corrected chi connectivity index (χ3v) is 4.49. The van der Waals surface area contributed by atoms with Gasteiger partial charge in [-0.2, -0.15) is 5.10 Å². The van der Waals surface area contributed by atoms with Crippen molar-refractivity contribution in [1.29, 1.82) is 0 Å². The fraction of sp³-hybridized carbons (Fsp3) is 0.286. The molecule has 27 heavy (non-hydrogen) atoms. The molecule has 3 rings (SSSR count). The Hall–Kier alpha value is -3.15. The van der Waals surface area contributed by atoms with Gasteiger partial charge in [-0.05, 0) is 56.2 Å². The lowest BCUT2D eigenvalue weighted by Gasteiger charge is -2.17. The molecule has 0 bridgehead atoms. The lowest BCUT2D eigenvalue weighted by atomic mass is 10.1. The number of benzene rings is 1. The van der Waals surface area contributed by atoms with Gasteiger partial charge in [0.2, 0.25) is 0 Å². The van der Waals surface area contributed by atoms with Crippen LogP contribution >= 0.6 is 0 Å². The van der Waals surface area contributed by atoms with Gasteiger partial charge in [-0.3, -0.25) is 14.5 Å². The zero-order chi connectivity index (χ0) is 19.1. The van der Waals surface area contributed by atoms with E-state index >= 15 is 0 Å². The van der Waals surface area contributed by atoms with Crippen LogP contribution in [0, 0.1) is 6.92 Å². The number of aryl methyl sites for hydroxylation is 1. The third kappa shape index (κ3) is 5.17. The summed E-state index contributed by atoms with van der Waals surface area (Å²) in [5.74, 6) is -0.0537. The van der Waals surface area contributed by atoms with Gasteiger partial charge in [0, 0.05) is 42.4 Å². The van der Waals surface area contributed by atoms with Gasteiger partial charge < -0.3 is 10.6 Å². The van der Waals surface area contributed by atoms with Crippen molar-refractivity contribution in [2.75, 3.05) is 5.32 Å². The normalized spacial score (nSPS) is 11.8. The summed E-state index contributed by atoms with van der Waals surface area (Å²) < 4.78 is 1.87. The highest BCUT2D eigenvalue weighted by molar-refractivity contribution is 5.97. The summed E-state index contributed by atoms with van der Waals surface area (Å²) in [6.07, 6.45) is 6.29. The van der Waals surface area contributed by atoms with Gasteiger partial charge in [-0.25, -0.2) is 0 Å². The van der Waals surface area contributed by atoms with Crippen molar-refractivity contribution in [2.24, 2.45) is 0 Å². The molecule has 1 atom stereocenters. The first kappa shape index (κ1) is 18.6. The molecule has 0 spiro atoms. The maximum Gasteiger partial charge on any atom is 0.251 e. The van der Waals surface area contributed by atoms with Crippen LogP contribution in [0.2, 0.25) is 0 Å². The largest absolute Gasteiger partial charge is 0.379 e. The summed E-state index contributed by atoms with van der Waals surface area (Å²) in [6, 6.07) is 13.5. The molecule has 2 N–H and O–H groups in total. The lowest BCUT2D eigenvalue weighted by Crippen LogP contribution is -2.33. The Bertz CT molecular complexity index is 862. The van der Waals surface area contributed by atoms with E-state index in [-0.39, 0.29) is 11.9 Å². The smallest absolute Gasteiger partial charge is 0.251 e. The maximum atomic E-state index is 12.7. The predicted molar refractivity (Wildman–Crippen MR) is 107 cm³/mol.